The van der Waals surface area contributed by atoms with Crippen molar-refractivity contribution in [1.29, 1.82) is 0 Å². The lowest BCUT2D eigenvalue weighted by Gasteiger charge is -2.16. The molecule has 2 heteroatoms. The number of unbranched alkanes of at least 4 members (excludes halogenated alkanes) is 1. The van der Waals surface area contributed by atoms with E-state index in [1.807, 2.05) is 0 Å². The summed E-state index contributed by atoms with van der Waals surface area (Å²) in [4.78, 5) is 11.4. The Bertz CT molecular complexity index is 1270. The van der Waals surface area contributed by atoms with E-state index in [0.29, 0.717) is 6.42 Å². The molecule has 5 aromatic carbocycles. The van der Waals surface area contributed by atoms with E-state index in [1.165, 1.54) is 55.8 Å². The molecule has 138 valence electrons. The van der Waals surface area contributed by atoms with Gasteiger partial charge < -0.3 is 4.74 Å². The first kappa shape index (κ1) is 17.0. The van der Waals surface area contributed by atoms with Crippen molar-refractivity contribution in [3.63, 3.8) is 0 Å². The second-order valence-corrected chi connectivity index (χ2v) is 7.49. The van der Waals surface area contributed by atoms with Crippen LogP contribution in [0.3, 0.4) is 0 Å². The van der Waals surface area contributed by atoms with E-state index >= 15 is 0 Å². The molecule has 0 fully saturated rings. The van der Waals surface area contributed by atoms with Gasteiger partial charge in [-0.1, -0.05) is 66.7 Å². The van der Waals surface area contributed by atoms with Crippen LogP contribution in [-0.4, -0.2) is 13.1 Å². The summed E-state index contributed by atoms with van der Waals surface area (Å²) in [6.45, 7) is 0. The standard InChI is InChI=1S/C26H22O2/c1-28-24(27)14-3-2-7-17-15-16-23-21-12-5-9-18-8-4-11-20(25(18)21)22-13-6-10-19(17)26(22)23/h4-6,8-13,15-16H,2-3,7,14H2,1H3. The van der Waals surface area contributed by atoms with Gasteiger partial charge in [0.1, 0.15) is 0 Å². The first-order chi connectivity index (χ1) is 13.8. The van der Waals surface area contributed by atoms with Gasteiger partial charge in [0.25, 0.3) is 0 Å². The molecule has 0 N–H and O–H groups in total. The van der Waals surface area contributed by atoms with Gasteiger partial charge in [-0.3, -0.25) is 4.79 Å². The van der Waals surface area contributed by atoms with Crippen molar-refractivity contribution < 1.29 is 9.53 Å². The van der Waals surface area contributed by atoms with Crippen LogP contribution in [0.4, 0.5) is 0 Å². The molecule has 28 heavy (non-hydrogen) atoms. The van der Waals surface area contributed by atoms with E-state index in [1.54, 1.807) is 0 Å². The van der Waals surface area contributed by atoms with Crippen LogP contribution in [0.15, 0.2) is 66.7 Å². The van der Waals surface area contributed by atoms with Crippen molar-refractivity contribution in [2.75, 3.05) is 7.11 Å². The fourth-order valence-corrected chi connectivity index (χ4v) is 4.61. The van der Waals surface area contributed by atoms with Crippen molar-refractivity contribution in [2.24, 2.45) is 0 Å². The maximum absolute atomic E-state index is 11.4. The highest BCUT2D eigenvalue weighted by Gasteiger charge is 2.14. The lowest BCUT2D eigenvalue weighted by molar-refractivity contribution is -0.140. The molecule has 0 bridgehead atoms. The average molecular weight is 366 g/mol. The molecular weight excluding hydrogens is 344 g/mol. The summed E-state index contributed by atoms with van der Waals surface area (Å²) in [6, 6.07) is 24.4. The average Bonchev–Trinajstić information content (AvgIpc) is 2.75. The van der Waals surface area contributed by atoms with Gasteiger partial charge in [-0.15, -0.1) is 0 Å². The van der Waals surface area contributed by atoms with Crippen molar-refractivity contribution in [3.8, 4) is 0 Å². The number of methoxy groups -OCH3 is 1. The van der Waals surface area contributed by atoms with Gasteiger partial charge in [-0.25, -0.2) is 0 Å². The van der Waals surface area contributed by atoms with Crippen LogP contribution in [-0.2, 0) is 16.0 Å². The number of hydrogen-bond acceptors (Lipinski definition) is 2. The van der Waals surface area contributed by atoms with Crippen molar-refractivity contribution in [1.82, 2.24) is 0 Å². The summed E-state index contributed by atoms with van der Waals surface area (Å²) < 4.78 is 4.75. The zero-order valence-electron chi connectivity index (χ0n) is 16.0. The van der Waals surface area contributed by atoms with Gasteiger partial charge in [0.15, 0.2) is 0 Å². The molecule has 0 atom stereocenters. The Morgan fingerprint density at radius 2 is 1.32 bits per heavy atom. The number of esters is 1. The number of benzene rings is 5. The first-order valence-corrected chi connectivity index (χ1v) is 9.92. The molecule has 5 rings (SSSR count). The Hall–Kier alpha value is -3.13. The molecule has 0 saturated heterocycles. The lowest BCUT2D eigenvalue weighted by Crippen LogP contribution is -2.00. The van der Waals surface area contributed by atoms with Crippen molar-refractivity contribution in [2.45, 2.75) is 25.7 Å². The fourth-order valence-electron chi connectivity index (χ4n) is 4.61. The smallest absolute Gasteiger partial charge is 0.305 e. The predicted molar refractivity (Wildman–Crippen MR) is 117 cm³/mol. The van der Waals surface area contributed by atoms with E-state index in [2.05, 4.69) is 66.7 Å². The van der Waals surface area contributed by atoms with Gasteiger partial charge in [-0.05, 0) is 67.9 Å². The van der Waals surface area contributed by atoms with E-state index in [9.17, 15) is 4.79 Å². The van der Waals surface area contributed by atoms with Gasteiger partial charge in [0, 0.05) is 6.42 Å². The molecule has 0 aliphatic carbocycles. The summed E-state index contributed by atoms with van der Waals surface area (Å²) in [5, 5.41) is 10.7. The van der Waals surface area contributed by atoms with E-state index in [4.69, 9.17) is 4.74 Å². The van der Waals surface area contributed by atoms with Crippen LogP contribution in [0.1, 0.15) is 24.8 Å². The van der Waals surface area contributed by atoms with Gasteiger partial charge >= 0.3 is 5.97 Å². The maximum atomic E-state index is 11.4. The number of hydrogen-bond donors (Lipinski definition) is 0. The summed E-state index contributed by atoms with van der Waals surface area (Å²) in [5.41, 5.74) is 1.36. The van der Waals surface area contributed by atoms with Crippen LogP contribution in [0, 0.1) is 0 Å². The van der Waals surface area contributed by atoms with Crippen molar-refractivity contribution >= 4 is 49.1 Å². The molecule has 5 aromatic rings. The molecule has 2 nitrogen and oxygen atoms in total. The summed E-state index contributed by atoms with van der Waals surface area (Å²) >= 11 is 0. The monoisotopic (exact) mass is 366 g/mol. The molecule has 0 saturated carbocycles. The Morgan fingerprint density at radius 1 is 0.714 bits per heavy atom. The lowest BCUT2D eigenvalue weighted by atomic mass is 9.87. The molecule has 0 heterocycles. The third-order valence-corrected chi connectivity index (χ3v) is 5.92. The zero-order chi connectivity index (χ0) is 19.1. The number of rotatable bonds is 5. The summed E-state index contributed by atoms with van der Waals surface area (Å²) in [7, 11) is 1.45. The molecule has 0 aliphatic heterocycles. The minimum absolute atomic E-state index is 0.124. The predicted octanol–water partition coefficient (Wildman–Crippen LogP) is 6.62. The normalized spacial score (nSPS) is 11.8. The quantitative estimate of drug-likeness (QED) is 0.151. The Balaban J connectivity index is 1.68. The highest BCUT2D eigenvalue weighted by Crippen LogP contribution is 2.41. The van der Waals surface area contributed by atoms with Crippen LogP contribution in [0.2, 0.25) is 0 Å². The van der Waals surface area contributed by atoms with Crippen LogP contribution in [0.5, 0.6) is 0 Å². The van der Waals surface area contributed by atoms with Crippen LogP contribution >= 0.6 is 0 Å². The zero-order valence-corrected chi connectivity index (χ0v) is 16.0. The Kier molecular flexibility index (Phi) is 4.12. The van der Waals surface area contributed by atoms with Gasteiger partial charge in [0.05, 0.1) is 7.11 Å². The first-order valence-electron chi connectivity index (χ1n) is 9.92. The second kappa shape index (κ2) is 6.79. The summed E-state index contributed by atoms with van der Waals surface area (Å²) in [6.07, 6.45) is 3.31. The Labute approximate surface area is 164 Å². The number of carbonyl (C=O) groups excluding carboxylic acids is 1. The fraction of sp³-hybridized carbons (Fsp3) is 0.192. The number of fused-ring (bicyclic) bond motifs is 2. The van der Waals surface area contributed by atoms with E-state index in [-0.39, 0.29) is 5.97 Å². The number of aryl methyl sites for hydroxylation is 1. The molecule has 0 spiro atoms. The van der Waals surface area contributed by atoms with E-state index in [0.717, 1.165) is 19.3 Å². The van der Waals surface area contributed by atoms with Crippen molar-refractivity contribution in [3.05, 3.63) is 72.3 Å². The third-order valence-electron chi connectivity index (χ3n) is 5.92. The SMILES string of the molecule is COC(=O)CCCCc1ccc2c3cccc4cccc(c5cccc1c52)c43. The molecule has 0 radical (unpaired) electrons. The highest BCUT2D eigenvalue weighted by atomic mass is 16.5. The molecule has 0 aliphatic rings. The maximum Gasteiger partial charge on any atom is 0.305 e. The minimum atomic E-state index is -0.124. The highest BCUT2D eigenvalue weighted by molar-refractivity contribution is 6.33. The van der Waals surface area contributed by atoms with Crippen LogP contribution in [0.25, 0.3) is 43.1 Å². The number of carbonyl (C=O) groups is 1. The van der Waals surface area contributed by atoms with E-state index < -0.39 is 0 Å². The van der Waals surface area contributed by atoms with Crippen LogP contribution < -0.4 is 0 Å². The molecule has 0 amide bonds. The Morgan fingerprint density at radius 3 is 2.04 bits per heavy atom. The third kappa shape index (κ3) is 2.60. The molecule has 0 unspecified atom stereocenters. The molecular formula is C26H22O2. The minimum Gasteiger partial charge on any atom is -0.469 e. The topological polar surface area (TPSA) is 26.3 Å². The summed E-state index contributed by atoms with van der Waals surface area (Å²) in [5.74, 6) is -0.124. The largest absolute Gasteiger partial charge is 0.469 e. The molecule has 0 aromatic heterocycles. The second-order valence-electron chi connectivity index (χ2n) is 7.49. The van der Waals surface area contributed by atoms with Gasteiger partial charge in [-0.2, -0.15) is 0 Å². The van der Waals surface area contributed by atoms with Gasteiger partial charge in [0.2, 0.25) is 0 Å². The number of ether oxygens (including phenoxy) is 1.